The summed E-state index contributed by atoms with van der Waals surface area (Å²) in [7, 11) is 0. The third-order valence-corrected chi connectivity index (χ3v) is 5.96. The first kappa shape index (κ1) is 26.1. The smallest absolute Gasteiger partial charge is 0.406 e. The lowest BCUT2D eigenvalue weighted by atomic mass is 9.79. The van der Waals surface area contributed by atoms with E-state index < -0.39 is 35.8 Å². The van der Waals surface area contributed by atoms with Gasteiger partial charge in [0, 0.05) is 42.3 Å². The maximum Gasteiger partial charge on any atom is 0.573 e. The molecule has 1 aromatic heterocycles. The van der Waals surface area contributed by atoms with Crippen LogP contribution in [0.25, 0.3) is 0 Å². The Labute approximate surface area is 211 Å². The second-order valence-corrected chi connectivity index (χ2v) is 9.26. The first-order chi connectivity index (χ1) is 17.5. The van der Waals surface area contributed by atoms with E-state index in [0.717, 1.165) is 17.7 Å². The van der Waals surface area contributed by atoms with Gasteiger partial charge in [0.15, 0.2) is 0 Å². The van der Waals surface area contributed by atoms with Crippen LogP contribution in [-0.2, 0) is 11.2 Å². The van der Waals surface area contributed by atoms with Crippen LogP contribution in [0.2, 0.25) is 0 Å². The van der Waals surface area contributed by atoms with Crippen LogP contribution in [0.4, 0.5) is 23.2 Å². The molecule has 0 aliphatic carbocycles. The van der Waals surface area contributed by atoms with Crippen LogP contribution in [-0.4, -0.2) is 40.6 Å². The predicted octanol–water partition coefficient (Wildman–Crippen LogP) is 5.56. The van der Waals surface area contributed by atoms with Crippen LogP contribution < -0.4 is 10.1 Å². The second-order valence-electron chi connectivity index (χ2n) is 9.26. The van der Waals surface area contributed by atoms with Gasteiger partial charge >= 0.3 is 6.36 Å². The monoisotopic (exact) mass is 515 g/mol. The third kappa shape index (κ3) is 6.25. The molecule has 6 nitrogen and oxygen atoms in total. The molecule has 2 unspecified atom stereocenters. The van der Waals surface area contributed by atoms with Crippen molar-refractivity contribution >= 4 is 17.5 Å². The molecule has 3 aromatic rings. The number of hydrogen-bond acceptors (Lipinski definition) is 4. The lowest BCUT2D eigenvalue weighted by Crippen LogP contribution is -2.53. The highest BCUT2D eigenvalue weighted by Gasteiger charge is 2.43. The van der Waals surface area contributed by atoms with E-state index in [0.29, 0.717) is 30.2 Å². The molecule has 1 aliphatic rings. The number of anilines is 1. The number of alkyl halides is 3. The number of aromatic nitrogens is 1. The van der Waals surface area contributed by atoms with Gasteiger partial charge < -0.3 is 15.0 Å². The average Bonchev–Trinajstić information content (AvgIpc) is 2.80. The van der Waals surface area contributed by atoms with Crippen molar-refractivity contribution in [3.8, 4) is 5.75 Å². The molecule has 37 heavy (non-hydrogen) atoms. The Bertz CT molecular complexity index is 1280. The predicted molar refractivity (Wildman–Crippen MR) is 128 cm³/mol. The van der Waals surface area contributed by atoms with Gasteiger partial charge in [0.1, 0.15) is 11.6 Å². The number of nitrogens with zero attached hydrogens (tertiary/aromatic N) is 2. The molecular formula is C27H25F4N3O3. The lowest BCUT2D eigenvalue weighted by Gasteiger charge is -2.42. The number of carbonyl (C=O) groups is 2. The van der Waals surface area contributed by atoms with Gasteiger partial charge in [-0.2, -0.15) is 0 Å². The van der Waals surface area contributed by atoms with Gasteiger partial charge in [-0.3, -0.25) is 14.6 Å². The summed E-state index contributed by atoms with van der Waals surface area (Å²) in [5.41, 5.74) is 1.46. The quantitative estimate of drug-likeness (QED) is 0.418. The van der Waals surface area contributed by atoms with Crippen molar-refractivity contribution in [2.24, 2.45) is 5.92 Å². The average molecular weight is 516 g/mol. The van der Waals surface area contributed by atoms with E-state index in [1.54, 1.807) is 47.6 Å². The van der Waals surface area contributed by atoms with E-state index in [2.05, 4.69) is 15.0 Å². The van der Waals surface area contributed by atoms with Gasteiger partial charge in [-0.1, -0.05) is 38.1 Å². The van der Waals surface area contributed by atoms with Crippen molar-refractivity contribution in [1.82, 2.24) is 9.88 Å². The van der Waals surface area contributed by atoms with E-state index in [1.165, 1.54) is 0 Å². The Balaban J connectivity index is 1.75. The number of amides is 2. The zero-order valence-corrected chi connectivity index (χ0v) is 20.1. The number of pyridine rings is 1. The standard InChI is InChI=1S/C27H25F4N3O3/c1-16(2)15-34-23(10-17-6-5-9-32-14-17)24(21-7-3-4-8-22(21)26(34)36)25(35)33-19-11-18(28)12-20(13-19)37-27(29,30)31/h3-9,11-14,16,23-24H,10,15H2,1-2H3,(H,33,35). The number of halogens is 4. The fourth-order valence-corrected chi connectivity index (χ4v) is 4.62. The first-order valence-electron chi connectivity index (χ1n) is 11.7. The second kappa shape index (κ2) is 10.6. The number of carbonyl (C=O) groups excluding carboxylic acids is 2. The highest BCUT2D eigenvalue weighted by molar-refractivity contribution is 6.04. The summed E-state index contributed by atoms with van der Waals surface area (Å²) >= 11 is 0. The number of rotatable bonds is 7. The van der Waals surface area contributed by atoms with E-state index in [-0.39, 0.29) is 17.5 Å². The highest BCUT2D eigenvalue weighted by Crippen LogP contribution is 2.37. The van der Waals surface area contributed by atoms with Crippen LogP contribution in [0.5, 0.6) is 5.75 Å². The zero-order chi connectivity index (χ0) is 26.7. The molecule has 4 rings (SSSR count). The molecule has 194 valence electrons. The maximum atomic E-state index is 14.1. The van der Waals surface area contributed by atoms with Gasteiger partial charge in [0.2, 0.25) is 5.91 Å². The topological polar surface area (TPSA) is 71.5 Å². The minimum atomic E-state index is -5.02. The summed E-state index contributed by atoms with van der Waals surface area (Å²) in [4.78, 5) is 33.0. The van der Waals surface area contributed by atoms with Gasteiger partial charge in [-0.15, -0.1) is 13.2 Å². The SMILES string of the molecule is CC(C)CN1C(=O)c2ccccc2C(C(=O)Nc2cc(F)cc(OC(F)(F)F)c2)C1Cc1cccnc1. The van der Waals surface area contributed by atoms with Crippen LogP contribution in [0.15, 0.2) is 67.0 Å². The summed E-state index contributed by atoms with van der Waals surface area (Å²) in [5, 5.41) is 2.54. The van der Waals surface area contributed by atoms with Gasteiger partial charge in [-0.05, 0) is 41.7 Å². The first-order valence-corrected chi connectivity index (χ1v) is 11.7. The van der Waals surface area contributed by atoms with Gasteiger partial charge in [-0.25, -0.2) is 4.39 Å². The van der Waals surface area contributed by atoms with Crippen LogP contribution in [0.3, 0.4) is 0 Å². The Morgan fingerprint density at radius 3 is 2.57 bits per heavy atom. The summed E-state index contributed by atoms with van der Waals surface area (Å²) < 4.78 is 56.0. The molecule has 0 bridgehead atoms. The highest BCUT2D eigenvalue weighted by atomic mass is 19.4. The molecule has 0 radical (unpaired) electrons. The van der Waals surface area contributed by atoms with Crippen LogP contribution in [0, 0.1) is 11.7 Å². The summed E-state index contributed by atoms with van der Waals surface area (Å²) in [6.45, 7) is 4.29. The molecular weight excluding hydrogens is 490 g/mol. The lowest BCUT2D eigenvalue weighted by molar-refractivity contribution is -0.274. The molecule has 2 heterocycles. The third-order valence-electron chi connectivity index (χ3n) is 5.96. The fraction of sp³-hybridized carbons (Fsp3) is 0.296. The number of benzene rings is 2. The maximum absolute atomic E-state index is 14.1. The fourth-order valence-electron chi connectivity index (χ4n) is 4.62. The number of fused-ring (bicyclic) bond motifs is 1. The number of nitrogens with one attached hydrogen (secondary N) is 1. The van der Waals surface area contributed by atoms with E-state index in [9.17, 15) is 27.2 Å². The van der Waals surface area contributed by atoms with Crippen molar-refractivity contribution in [3.05, 3.63) is 89.5 Å². The van der Waals surface area contributed by atoms with E-state index in [4.69, 9.17) is 0 Å². The Kier molecular flexibility index (Phi) is 7.47. The van der Waals surface area contributed by atoms with Crippen molar-refractivity contribution in [1.29, 1.82) is 0 Å². The largest absolute Gasteiger partial charge is 0.573 e. The Morgan fingerprint density at radius 1 is 1.14 bits per heavy atom. The summed E-state index contributed by atoms with van der Waals surface area (Å²) in [6, 6.07) is 12.1. The van der Waals surface area contributed by atoms with Crippen molar-refractivity contribution in [2.75, 3.05) is 11.9 Å². The van der Waals surface area contributed by atoms with Crippen molar-refractivity contribution in [2.45, 2.75) is 38.6 Å². The molecule has 10 heteroatoms. The molecule has 1 N–H and O–H groups in total. The van der Waals surface area contributed by atoms with E-state index >= 15 is 0 Å². The van der Waals surface area contributed by atoms with E-state index in [1.807, 2.05) is 19.9 Å². The molecule has 1 aliphatic heterocycles. The minimum Gasteiger partial charge on any atom is -0.406 e. The zero-order valence-electron chi connectivity index (χ0n) is 20.1. The van der Waals surface area contributed by atoms with Crippen LogP contribution in [0.1, 0.15) is 41.3 Å². The molecule has 2 atom stereocenters. The molecule has 2 aromatic carbocycles. The van der Waals surface area contributed by atoms with Crippen molar-refractivity contribution < 1.29 is 31.9 Å². The van der Waals surface area contributed by atoms with Gasteiger partial charge in [0.05, 0.1) is 12.0 Å². The molecule has 0 saturated carbocycles. The summed E-state index contributed by atoms with van der Waals surface area (Å²) in [6.07, 6.45) is -1.44. The molecule has 0 spiro atoms. The van der Waals surface area contributed by atoms with Gasteiger partial charge in [0.25, 0.3) is 5.91 Å². The van der Waals surface area contributed by atoms with Crippen molar-refractivity contribution in [3.63, 3.8) is 0 Å². The Morgan fingerprint density at radius 2 is 1.89 bits per heavy atom. The summed E-state index contributed by atoms with van der Waals surface area (Å²) in [5.74, 6) is -3.40. The number of hydrogen-bond donors (Lipinski definition) is 1. The number of ether oxygens (including phenoxy) is 1. The molecule has 0 fully saturated rings. The van der Waals surface area contributed by atoms with Crippen LogP contribution >= 0.6 is 0 Å². The Hall–Kier alpha value is -3.95. The normalized spacial score (nSPS) is 17.5. The minimum absolute atomic E-state index is 0.0969. The molecule has 0 saturated heterocycles. The molecule has 2 amide bonds.